The molecule has 2 aromatic rings. The van der Waals surface area contributed by atoms with E-state index in [1.807, 2.05) is 18.2 Å². The van der Waals surface area contributed by atoms with Crippen molar-refractivity contribution >= 4 is 35.3 Å². The van der Waals surface area contributed by atoms with Crippen molar-refractivity contribution in [2.24, 2.45) is 0 Å². The number of piperazine rings is 1. The van der Waals surface area contributed by atoms with Crippen LogP contribution in [0.4, 0.5) is 4.39 Å². The fourth-order valence-electron chi connectivity index (χ4n) is 2.82. The van der Waals surface area contributed by atoms with Gasteiger partial charge < -0.3 is 10.1 Å². The number of methoxy groups -OCH3 is 1. The minimum absolute atomic E-state index is 0. The van der Waals surface area contributed by atoms with Crippen LogP contribution in [0, 0.1) is 5.82 Å². The molecule has 0 saturated carbocycles. The largest absolute Gasteiger partial charge is 0.494 e. The van der Waals surface area contributed by atoms with Crippen molar-refractivity contribution in [2.45, 2.75) is 6.04 Å². The lowest BCUT2D eigenvalue weighted by Gasteiger charge is -2.34. The highest BCUT2D eigenvalue weighted by Gasteiger charge is 2.26. The van der Waals surface area contributed by atoms with Gasteiger partial charge >= 0.3 is 0 Å². The second kappa shape index (κ2) is 8.31. The van der Waals surface area contributed by atoms with Gasteiger partial charge in [-0.3, -0.25) is 4.90 Å². The molecular formula is C16H19Cl2FN2OS. The van der Waals surface area contributed by atoms with E-state index in [1.54, 1.807) is 23.5 Å². The first-order chi connectivity index (χ1) is 10.7. The van der Waals surface area contributed by atoms with E-state index in [1.165, 1.54) is 7.11 Å². The van der Waals surface area contributed by atoms with E-state index in [4.69, 9.17) is 16.3 Å². The van der Waals surface area contributed by atoms with Crippen LogP contribution in [-0.4, -0.2) is 38.2 Å². The fourth-order valence-corrected chi connectivity index (χ4v) is 4.05. The summed E-state index contributed by atoms with van der Waals surface area (Å²) < 4.78 is 19.9. The van der Waals surface area contributed by atoms with Crippen LogP contribution in [0.3, 0.4) is 0 Å². The maximum absolute atomic E-state index is 14.1. The fraction of sp³-hybridized carbons (Fsp3) is 0.375. The number of hydrogen-bond donors (Lipinski definition) is 1. The van der Waals surface area contributed by atoms with Crippen LogP contribution < -0.4 is 10.1 Å². The second-order valence-electron chi connectivity index (χ2n) is 5.22. The van der Waals surface area contributed by atoms with Crippen molar-refractivity contribution < 1.29 is 9.13 Å². The Labute approximate surface area is 150 Å². The third-order valence-electron chi connectivity index (χ3n) is 3.87. The van der Waals surface area contributed by atoms with Gasteiger partial charge in [-0.1, -0.05) is 17.7 Å². The molecule has 23 heavy (non-hydrogen) atoms. The molecule has 3 nitrogen and oxygen atoms in total. The summed E-state index contributed by atoms with van der Waals surface area (Å²) in [5, 5.41) is 3.35. The van der Waals surface area contributed by atoms with E-state index < -0.39 is 0 Å². The number of halogens is 3. The number of rotatable bonds is 4. The van der Waals surface area contributed by atoms with Gasteiger partial charge in [-0.05, 0) is 29.8 Å². The molecule has 2 heterocycles. The second-order valence-corrected chi connectivity index (χ2v) is 6.97. The summed E-state index contributed by atoms with van der Waals surface area (Å²) in [7, 11) is 1.48. The lowest BCUT2D eigenvalue weighted by Crippen LogP contribution is -2.45. The molecule has 3 rings (SSSR count). The van der Waals surface area contributed by atoms with E-state index in [0.29, 0.717) is 0 Å². The quantitative estimate of drug-likeness (QED) is 0.873. The van der Waals surface area contributed by atoms with Gasteiger partial charge in [0, 0.05) is 31.1 Å². The summed E-state index contributed by atoms with van der Waals surface area (Å²) >= 11 is 7.65. The Hall–Kier alpha value is -0.850. The van der Waals surface area contributed by atoms with Crippen LogP contribution in [0.25, 0.3) is 0 Å². The molecule has 0 aliphatic carbocycles. The highest BCUT2D eigenvalue weighted by molar-refractivity contribution is 7.16. The molecule has 126 valence electrons. The SMILES string of the molecule is COc1ccc([C@@H](c2ccc(Cl)s2)N2CCNCC2)cc1F.Cl. The van der Waals surface area contributed by atoms with Crippen molar-refractivity contribution in [3.63, 3.8) is 0 Å². The van der Waals surface area contributed by atoms with Gasteiger partial charge in [0.05, 0.1) is 17.5 Å². The zero-order chi connectivity index (χ0) is 15.5. The molecule has 0 bridgehead atoms. The van der Waals surface area contributed by atoms with Crippen LogP contribution in [-0.2, 0) is 0 Å². The van der Waals surface area contributed by atoms with Crippen molar-refractivity contribution in [1.82, 2.24) is 10.2 Å². The summed E-state index contributed by atoms with van der Waals surface area (Å²) in [6, 6.07) is 9.15. The molecule has 0 amide bonds. The van der Waals surface area contributed by atoms with Gasteiger partial charge in [0.2, 0.25) is 0 Å². The smallest absolute Gasteiger partial charge is 0.165 e. The topological polar surface area (TPSA) is 24.5 Å². The van der Waals surface area contributed by atoms with Crippen LogP contribution in [0.2, 0.25) is 4.34 Å². The molecule has 1 aromatic carbocycles. The third-order valence-corrected chi connectivity index (χ3v) is 5.16. The average molecular weight is 377 g/mol. The van der Waals surface area contributed by atoms with Crippen LogP contribution in [0.1, 0.15) is 16.5 Å². The van der Waals surface area contributed by atoms with Crippen LogP contribution >= 0.6 is 35.3 Å². The molecular weight excluding hydrogens is 358 g/mol. The minimum Gasteiger partial charge on any atom is -0.494 e. The van der Waals surface area contributed by atoms with E-state index in [0.717, 1.165) is 41.0 Å². The molecule has 1 aliphatic heterocycles. The van der Waals surface area contributed by atoms with Crippen LogP contribution in [0.15, 0.2) is 30.3 Å². The minimum atomic E-state index is -0.331. The summed E-state index contributed by atoms with van der Waals surface area (Å²) in [6.45, 7) is 3.73. The van der Waals surface area contributed by atoms with Gasteiger partial charge in [-0.15, -0.1) is 23.7 Å². The Balaban J connectivity index is 0.00000192. The maximum Gasteiger partial charge on any atom is 0.165 e. The standard InChI is InChI=1S/C16H18ClFN2OS.ClH/c1-21-13-3-2-11(10-12(13)18)16(14-4-5-15(17)22-14)20-8-6-19-7-9-20;/h2-5,10,16,19H,6-9H2,1H3;1H/t16-;/m0./s1. The maximum atomic E-state index is 14.1. The molecule has 7 heteroatoms. The average Bonchev–Trinajstić information content (AvgIpc) is 2.95. The van der Waals surface area contributed by atoms with Crippen molar-refractivity contribution in [3.05, 3.63) is 50.9 Å². The monoisotopic (exact) mass is 376 g/mol. The summed E-state index contributed by atoms with van der Waals surface area (Å²) in [5.41, 5.74) is 0.929. The predicted molar refractivity (Wildman–Crippen MR) is 95.8 cm³/mol. The number of nitrogens with zero attached hydrogens (tertiary/aromatic N) is 1. The Morgan fingerprint density at radius 3 is 2.57 bits per heavy atom. The molecule has 1 saturated heterocycles. The highest BCUT2D eigenvalue weighted by Crippen LogP contribution is 2.36. The lowest BCUT2D eigenvalue weighted by molar-refractivity contribution is 0.200. The summed E-state index contributed by atoms with van der Waals surface area (Å²) in [5.74, 6) is -0.0604. The first-order valence-electron chi connectivity index (χ1n) is 7.22. The number of nitrogens with one attached hydrogen (secondary N) is 1. The summed E-state index contributed by atoms with van der Waals surface area (Å²) in [4.78, 5) is 3.50. The molecule has 1 fully saturated rings. The number of ether oxygens (including phenoxy) is 1. The van der Waals surface area contributed by atoms with Crippen LogP contribution in [0.5, 0.6) is 5.75 Å². The number of benzene rings is 1. The third kappa shape index (κ3) is 4.17. The predicted octanol–water partition coefficient (Wildman–Crippen LogP) is 3.97. The Morgan fingerprint density at radius 1 is 1.26 bits per heavy atom. The van der Waals surface area contributed by atoms with E-state index in [2.05, 4.69) is 10.2 Å². The number of hydrogen-bond acceptors (Lipinski definition) is 4. The van der Waals surface area contributed by atoms with E-state index in [-0.39, 0.29) is 30.0 Å². The zero-order valence-corrected chi connectivity index (χ0v) is 15.1. The van der Waals surface area contributed by atoms with Gasteiger partial charge in [0.1, 0.15) is 0 Å². The van der Waals surface area contributed by atoms with Crippen molar-refractivity contribution in [1.29, 1.82) is 0 Å². The molecule has 1 aromatic heterocycles. The van der Waals surface area contributed by atoms with Gasteiger partial charge in [-0.2, -0.15) is 0 Å². The van der Waals surface area contributed by atoms with Gasteiger partial charge in [0.15, 0.2) is 11.6 Å². The zero-order valence-electron chi connectivity index (χ0n) is 12.7. The van der Waals surface area contributed by atoms with Crippen molar-refractivity contribution in [2.75, 3.05) is 33.3 Å². The number of thiophene rings is 1. The molecule has 0 unspecified atom stereocenters. The van der Waals surface area contributed by atoms with Gasteiger partial charge in [0.25, 0.3) is 0 Å². The molecule has 1 aliphatic rings. The Morgan fingerprint density at radius 2 is 2.00 bits per heavy atom. The molecule has 0 spiro atoms. The normalized spacial score (nSPS) is 16.7. The molecule has 0 radical (unpaired) electrons. The molecule has 1 N–H and O–H groups in total. The molecule has 1 atom stereocenters. The first-order valence-corrected chi connectivity index (χ1v) is 8.42. The van der Waals surface area contributed by atoms with Crippen molar-refractivity contribution in [3.8, 4) is 5.75 Å². The van der Waals surface area contributed by atoms with Gasteiger partial charge in [-0.25, -0.2) is 4.39 Å². The van der Waals surface area contributed by atoms with E-state index >= 15 is 0 Å². The highest BCUT2D eigenvalue weighted by atomic mass is 35.5. The lowest BCUT2D eigenvalue weighted by atomic mass is 10.0. The summed E-state index contributed by atoms with van der Waals surface area (Å²) in [6.07, 6.45) is 0. The first kappa shape index (κ1) is 18.5. The Kier molecular flexibility index (Phi) is 6.68. The van der Waals surface area contributed by atoms with E-state index in [9.17, 15) is 4.39 Å². The Bertz CT molecular complexity index is 647.